The van der Waals surface area contributed by atoms with Crippen molar-refractivity contribution in [2.24, 2.45) is 0 Å². The standard InChI is InChI=1S/C19H26N2O4S/c22-19-7-3-4-12-20(19)15-8-10-16(11-9-15)26(23,24)21-13-14-25-18-6-2-1-5-17(18)21/h8-11,17-18H,1-7,12-14H2. The molecule has 1 aromatic rings. The molecular weight excluding hydrogens is 352 g/mol. The number of amides is 1. The molecule has 1 amide bonds. The fraction of sp³-hybridized carbons (Fsp3) is 0.632. The summed E-state index contributed by atoms with van der Waals surface area (Å²) in [5.74, 6) is 0.116. The van der Waals surface area contributed by atoms with E-state index in [2.05, 4.69) is 0 Å². The van der Waals surface area contributed by atoms with Gasteiger partial charge in [0.05, 0.1) is 23.6 Å². The van der Waals surface area contributed by atoms with Gasteiger partial charge in [0, 0.05) is 25.2 Å². The predicted molar refractivity (Wildman–Crippen MR) is 98.5 cm³/mol. The molecule has 2 unspecified atom stereocenters. The number of anilines is 1. The summed E-state index contributed by atoms with van der Waals surface area (Å²) in [6.07, 6.45) is 6.47. The summed E-state index contributed by atoms with van der Waals surface area (Å²) >= 11 is 0. The first-order valence-corrected chi connectivity index (χ1v) is 11.1. The van der Waals surface area contributed by atoms with Gasteiger partial charge in [0.2, 0.25) is 15.9 Å². The summed E-state index contributed by atoms with van der Waals surface area (Å²) in [6.45, 7) is 1.58. The van der Waals surface area contributed by atoms with Crippen LogP contribution in [0.5, 0.6) is 0 Å². The summed E-state index contributed by atoms with van der Waals surface area (Å²) in [6, 6.07) is 6.75. The lowest BCUT2D eigenvalue weighted by molar-refractivity contribution is -0.119. The molecule has 6 nitrogen and oxygen atoms in total. The molecule has 0 spiro atoms. The number of morpholine rings is 1. The predicted octanol–water partition coefficient (Wildman–Crippen LogP) is 2.54. The SMILES string of the molecule is O=C1CCCCN1c1ccc(S(=O)(=O)N2CCOC3CCCCC32)cc1. The minimum atomic E-state index is -3.54. The van der Waals surface area contributed by atoms with Crippen molar-refractivity contribution in [3.8, 4) is 0 Å². The van der Waals surface area contributed by atoms with Gasteiger partial charge in [-0.25, -0.2) is 8.42 Å². The normalized spacial score (nSPS) is 28.0. The van der Waals surface area contributed by atoms with Crippen molar-refractivity contribution in [2.45, 2.75) is 62.0 Å². The molecule has 7 heteroatoms. The number of carbonyl (C=O) groups is 1. The fourth-order valence-corrected chi connectivity index (χ4v) is 6.04. The Labute approximate surface area is 155 Å². The van der Waals surface area contributed by atoms with E-state index in [-0.39, 0.29) is 18.1 Å². The zero-order valence-corrected chi connectivity index (χ0v) is 15.8. The third-order valence-electron chi connectivity index (χ3n) is 5.76. The van der Waals surface area contributed by atoms with Crippen LogP contribution in [0.25, 0.3) is 0 Å². The number of carbonyl (C=O) groups excluding carboxylic acids is 1. The van der Waals surface area contributed by atoms with Gasteiger partial charge >= 0.3 is 0 Å². The molecule has 142 valence electrons. The molecule has 2 aliphatic heterocycles. The van der Waals surface area contributed by atoms with Crippen LogP contribution in [0.15, 0.2) is 29.2 Å². The Kier molecular flexibility index (Phi) is 5.03. The molecule has 1 saturated carbocycles. The van der Waals surface area contributed by atoms with Crippen molar-refractivity contribution in [1.82, 2.24) is 4.31 Å². The highest BCUT2D eigenvalue weighted by Crippen LogP contribution is 2.33. The first-order valence-electron chi connectivity index (χ1n) is 9.61. The second kappa shape index (κ2) is 7.29. The van der Waals surface area contributed by atoms with Crippen LogP contribution in [0, 0.1) is 0 Å². The van der Waals surface area contributed by atoms with Crippen molar-refractivity contribution >= 4 is 21.6 Å². The molecule has 1 aromatic carbocycles. The zero-order chi connectivity index (χ0) is 18.1. The molecule has 0 N–H and O–H groups in total. The number of hydrogen-bond donors (Lipinski definition) is 0. The van der Waals surface area contributed by atoms with E-state index in [0.717, 1.165) is 44.2 Å². The molecule has 2 heterocycles. The van der Waals surface area contributed by atoms with E-state index in [1.807, 2.05) is 0 Å². The van der Waals surface area contributed by atoms with Crippen molar-refractivity contribution in [1.29, 1.82) is 0 Å². The summed E-state index contributed by atoms with van der Waals surface area (Å²) in [5, 5.41) is 0. The van der Waals surface area contributed by atoms with Gasteiger partial charge in [0.1, 0.15) is 0 Å². The van der Waals surface area contributed by atoms with Crippen LogP contribution in [0.4, 0.5) is 5.69 Å². The van der Waals surface area contributed by atoms with Crippen molar-refractivity contribution in [3.05, 3.63) is 24.3 Å². The van der Waals surface area contributed by atoms with Crippen LogP contribution in [0.3, 0.4) is 0 Å². The maximum atomic E-state index is 13.2. The minimum Gasteiger partial charge on any atom is -0.375 e. The van der Waals surface area contributed by atoms with Crippen LogP contribution < -0.4 is 4.90 Å². The molecule has 3 fully saturated rings. The highest BCUT2D eigenvalue weighted by Gasteiger charge is 2.40. The van der Waals surface area contributed by atoms with Crippen LogP contribution in [0.1, 0.15) is 44.9 Å². The van der Waals surface area contributed by atoms with E-state index >= 15 is 0 Å². The topological polar surface area (TPSA) is 66.9 Å². The Morgan fingerprint density at radius 2 is 1.73 bits per heavy atom. The van der Waals surface area contributed by atoms with Gasteiger partial charge in [0.15, 0.2) is 0 Å². The number of fused-ring (bicyclic) bond motifs is 1. The number of sulfonamides is 1. The number of benzene rings is 1. The van der Waals surface area contributed by atoms with Crippen molar-refractivity contribution in [2.75, 3.05) is 24.6 Å². The number of rotatable bonds is 3. The number of ether oxygens (including phenoxy) is 1. The van der Waals surface area contributed by atoms with E-state index < -0.39 is 10.0 Å². The van der Waals surface area contributed by atoms with Gasteiger partial charge in [-0.2, -0.15) is 4.31 Å². The molecule has 4 rings (SSSR count). The average Bonchev–Trinajstić information content (AvgIpc) is 2.68. The molecule has 2 saturated heterocycles. The third-order valence-corrected chi connectivity index (χ3v) is 7.70. The number of hydrogen-bond acceptors (Lipinski definition) is 4. The van der Waals surface area contributed by atoms with Gasteiger partial charge < -0.3 is 9.64 Å². The van der Waals surface area contributed by atoms with Gasteiger partial charge in [-0.05, 0) is 49.9 Å². The molecular formula is C19H26N2O4S. The quantitative estimate of drug-likeness (QED) is 0.811. The van der Waals surface area contributed by atoms with E-state index in [4.69, 9.17) is 4.74 Å². The second-order valence-electron chi connectivity index (χ2n) is 7.37. The maximum Gasteiger partial charge on any atom is 0.243 e. The maximum absolute atomic E-state index is 13.2. The van der Waals surface area contributed by atoms with Gasteiger partial charge in [-0.1, -0.05) is 12.8 Å². The third kappa shape index (κ3) is 3.28. The van der Waals surface area contributed by atoms with Gasteiger partial charge in [-0.15, -0.1) is 0 Å². The first kappa shape index (κ1) is 17.9. The fourth-order valence-electron chi connectivity index (χ4n) is 4.37. The molecule has 1 aliphatic carbocycles. The summed E-state index contributed by atoms with van der Waals surface area (Å²) in [4.78, 5) is 14.1. The first-order chi connectivity index (χ1) is 12.6. The number of piperidine rings is 1. The monoisotopic (exact) mass is 378 g/mol. The number of nitrogens with zero attached hydrogens (tertiary/aromatic N) is 2. The summed E-state index contributed by atoms with van der Waals surface area (Å²) in [7, 11) is -3.54. The summed E-state index contributed by atoms with van der Waals surface area (Å²) < 4.78 is 33.8. The molecule has 0 bridgehead atoms. The van der Waals surface area contributed by atoms with Crippen molar-refractivity contribution in [3.63, 3.8) is 0 Å². The molecule has 2 atom stereocenters. The van der Waals surface area contributed by atoms with Crippen LogP contribution >= 0.6 is 0 Å². The Bertz CT molecular complexity index is 760. The van der Waals surface area contributed by atoms with Gasteiger partial charge in [0.25, 0.3) is 0 Å². The van der Waals surface area contributed by atoms with Crippen LogP contribution in [0.2, 0.25) is 0 Å². The molecule has 26 heavy (non-hydrogen) atoms. The zero-order valence-electron chi connectivity index (χ0n) is 15.0. The summed E-state index contributed by atoms with van der Waals surface area (Å²) in [5.41, 5.74) is 0.783. The lowest BCUT2D eigenvalue weighted by Crippen LogP contribution is -2.54. The van der Waals surface area contributed by atoms with Crippen LogP contribution in [-0.2, 0) is 19.6 Å². The smallest absolute Gasteiger partial charge is 0.243 e. The molecule has 0 aromatic heterocycles. The Balaban J connectivity index is 1.56. The Morgan fingerprint density at radius 1 is 0.962 bits per heavy atom. The average molecular weight is 378 g/mol. The highest BCUT2D eigenvalue weighted by molar-refractivity contribution is 7.89. The highest BCUT2D eigenvalue weighted by atomic mass is 32.2. The molecule has 3 aliphatic rings. The molecule has 0 radical (unpaired) electrons. The van der Waals surface area contributed by atoms with E-state index in [9.17, 15) is 13.2 Å². The van der Waals surface area contributed by atoms with Crippen molar-refractivity contribution < 1.29 is 17.9 Å². The lowest BCUT2D eigenvalue weighted by atomic mass is 9.91. The second-order valence-corrected chi connectivity index (χ2v) is 9.26. The van der Waals surface area contributed by atoms with E-state index in [1.54, 1.807) is 33.5 Å². The largest absolute Gasteiger partial charge is 0.375 e. The van der Waals surface area contributed by atoms with E-state index in [0.29, 0.717) is 31.0 Å². The Morgan fingerprint density at radius 3 is 2.50 bits per heavy atom. The van der Waals surface area contributed by atoms with E-state index in [1.165, 1.54) is 0 Å². The minimum absolute atomic E-state index is 0.0255. The lowest BCUT2D eigenvalue weighted by Gasteiger charge is -2.42. The van der Waals surface area contributed by atoms with Gasteiger partial charge in [-0.3, -0.25) is 4.79 Å². The Hall–Kier alpha value is -1.44. The van der Waals surface area contributed by atoms with Crippen LogP contribution in [-0.4, -0.2) is 50.5 Å².